The zero-order valence-corrected chi connectivity index (χ0v) is 9.79. The Kier molecular flexibility index (Phi) is 2.45. The van der Waals surface area contributed by atoms with Gasteiger partial charge in [0.15, 0.2) is 5.58 Å². The van der Waals surface area contributed by atoms with Crippen molar-refractivity contribution in [2.75, 3.05) is 18.1 Å². The molecular formula is C12H12N2O4. The van der Waals surface area contributed by atoms with Crippen molar-refractivity contribution in [3.8, 4) is 0 Å². The van der Waals surface area contributed by atoms with Crippen LogP contribution in [-0.4, -0.2) is 35.6 Å². The van der Waals surface area contributed by atoms with Crippen molar-refractivity contribution in [1.82, 2.24) is 5.16 Å². The van der Waals surface area contributed by atoms with Crippen LogP contribution in [0.1, 0.15) is 5.69 Å². The van der Waals surface area contributed by atoms with Crippen molar-refractivity contribution >= 4 is 22.7 Å². The van der Waals surface area contributed by atoms with E-state index in [1.165, 1.54) is 4.90 Å². The lowest BCUT2D eigenvalue weighted by Crippen LogP contribution is -2.25. The summed E-state index contributed by atoms with van der Waals surface area (Å²) < 4.78 is 10.1. The highest BCUT2D eigenvalue weighted by Gasteiger charge is 2.32. The molecule has 0 bridgehead atoms. The molecule has 2 heterocycles. The molecule has 0 spiro atoms. The van der Waals surface area contributed by atoms with Crippen molar-refractivity contribution in [3.05, 3.63) is 23.9 Å². The molecule has 0 saturated carbocycles. The molecule has 1 N–H and O–H groups in total. The Labute approximate surface area is 103 Å². The number of aromatic nitrogens is 1. The summed E-state index contributed by atoms with van der Waals surface area (Å²) in [6.45, 7) is 2.03. The average molecular weight is 248 g/mol. The van der Waals surface area contributed by atoms with Crippen LogP contribution >= 0.6 is 0 Å². The number of aliphatic hydroxyl groups excluding tert-OH is 1. The van der Waals surface area contributed by atoms with E-state index < -0.39 is 12.2 Å². The number of fused-ring (bicyclic) bond motifs is 1. The number of cyclic esters (lactones) is 1. The van der Waals surface area contributed by atoms with Crippen molar-refractivity contribution < 1.29 is 19.2 Å². The zero-order valence-electron chi connectivity index (χ0n) is 9.79. The number of aliphatic hydroxyl groups is 1. The van der Waals surface area contributed by atoms with Crippen LogP contribution in [0.4, 0.5) is 10.5 Å². The second-order valence-electron chi connectivity index (χ2n) is 4.25. The molecule has 6 nitrogen and oxygen atoms in total. The Morgan fingerprint density at radius 2 is 2.39 bits per heavy atom. The summed E-state index contributed by atoms with van der Waals surface area (Å²) in [5.74, 6) is 0. The Morgan fingerprint density at radius 1 is 1.56 bits per heavy atom. The fraction of sp³-hybridized carbons (Fsp3) is 0.333. The zero-order chi connectivity index (χ0) is 12.7. The van der Waals surface area contributed by atoms with Gasteiger partial charge in [0.1, 0.15) is 6.10 Å². The van der Waals surface area contributed by atoms with E-state index in [2.05, 4.69) is 5.16 Å². The van der Waals surface area contributed by atoms with E-state index in [-0.39, 0.29) is 6.61 Å². The highest BCUT2D eigenvalue weighted by atomic mass is 16.6. The molecule has 0 radical (unpaired) electrons. The highest BCUT2D eigenvalue weighted by molar-refractivity contribution is 5.93. The van der Waals surface area contributed by atoms with E-state index in [0.29, 0.717) is 17.8 Å². The third kappa shape index (κ3) is 1.62. The molecule has 1 fully saturated rings. The molecule has 0 unspecified atom stereocenters. The second kappa shape index (κ2) is 3.99. The van der Waals surface area contributed by atoms with Crippen molar-refractivity contribution in [1.29, 1.82) is 0 Å². The fourth-order valence-corrected chi connectivity index (χ4v) is 2.05. The third-order valence-corrected chi connectivity index (χ3v) is 3.03. The summed E-state index contributed by atoms with van der Waals surface area (Å²) in [6.07, 6.45) is -0.922. The minimum atomic E-state index is -0.468. The van der Waals surface area contributed by atoms with Gasteiger partial charge in [-0.25, -0.2) is 4.79 Å². The van der Waals surface area contributed by atoms with Gasteiger partial charge in [-0.15, -0.1) is 0 Å². The first-order valence-corrected chi connectivity index (χ1v) is 5.64. The Balaban J connectivity index is 1.97. The summed E-state index contributed by atoms with van der Waals surface area (Å²) >= 11 is 0. The summed E-state index contributed by atoms with van der Waals surface area (Å²) in [5.41, 5.74) is 2.12. The van der Waals surface area contributed by atoms with E-state index in [0.717, 1.165) is 11.1 Å². The molecule has 18 heavy (non-hydrogen) atoms. The van der Waals surface area contributed by atoms with E-state index in [9.17, 15) is 4.79 Å². The standard InChI is InChI=1S/C12H12N2O4/c1-7-10-3-2-8(4-11(10)18-13-7)14-5-9(6-15)17-12(14)16/h2-4,9,15H,5-6H2,1H3/t9-/m1/s1. The number of carbonyl (C=O) groups is 1. The minimum absolute atomic E-state index is 0.175. The van der Waals surface area contributed by atoms with E-state index >= 15 is 0 Å². The first-order chi connectivity index (χ1) is 8.69. The number of rotatable bonds is 2. The molecule has 2 aromatic rings. The van der Waals surface area contributed by atoms with Crippen LogP contribution in [-0.2, 0) is 4.74 Å². The molecule has 1 aromatic carbocycles. The predicted molar refractivity (Wildman–Crippen MR) is 63.4 cm³/mol. The molecule has 1 aliphatic rings. The second-order valence-corrected chi connectivity index (χ2v) is 4.25. The number of hydrogen-bond donors (Lipinski definition) is 1. The van der Waals surface area contributed by atoms with Crippen LogP contribution in [0.5, 0.6) is 0 Å². The van der Waals surface area contributed by atoms with Gasteiger partial charge in [0.2, 0.25) is 0 Å². The van der Waals surface area contributed by atoms with Gasteiger partial charge in [-0.1, -0.05) is 5.16 Å². The van der Waals surface area contributed by atoms with Crippen LogP contribution in [0.25, 0.3) is 11.0 Å². The van der Waals surface area contributed by atoms with Gasteiger partial charge < -0.3 is 14.4 Å². The number of carbonyl (C=O) groups excluding carboxylic acids is 1. The first kappa shape index (κ1) is 11.0. The number of hydrogen-bond acceptors (Lipinski definition) is 5. The largest absolute Gasteiger partial charge is 0.441 e. The van der Waals surface area contributed by atoms with Gasteiger partial charge in [-0.05, 0) is 19.1 Å². The van der Waals surface area contributed by atoms with Crippen molar-refractivity contribution in [3.63, 3.8) is 0 Å². The number of ether oxygens (including phenoxy) is 1. The summed E-state index contributed by atoms with van der Waals surface area (Å²) in [4.78, 5) is 13.1. The predicted octanol–water partition coefficient (Wildman–Crippen LogP) is 1.45. The molecule has 1 amide bonds. The van der Waals surface area contributed by atoms with Crippen LogP contribution < -0.4 is 4.90 Å². The summed E-state index contributed by atoms with van der Waals surface area (Å²) in [6, 6.07) is 5.42. The topological polar surface area (TPSA) is 75.8 Å². The number of anilines is 1. The molecule has 1 saturated heterocycles. The lowest BCUT2D eigenvalue weighted by atomic mass is 10.2. The molecule has 3 rings (SSSR count). The Bertz CT molecular complexity index is 607. The van der Waals surface area contributed by atoms with Gasteiger partial charge >= 0.3 is 6.09 Å². The van der Waals surface area contributed by atoms with Crippen molar-refractivity contribution in [2.24, 2.45) is 0 Å². The molecular weight excluding hydrogens is 236 g/mol. The van der Waals surface area contributed by atoms with Crippen LogP contribution in [0.15, 0.2) is 22.7 Å². The maximum Gasteiger partial charge on any atom is 0.414 e. The lowest BCUT2D eigenvalue weighted by Gasteiger charge is -2.12. The minimum Gasteiger partial charge on any atom is -0.441 e. The summed E-state index contributed by atoms with van der Waals surface area (Å²) in [7, 11) is 0. The van der Waals surface area contributed by atoms with Gasteiger partial charge in [0.05, 0.1) is 24.5 Å². The maximum atomic E-state index is 11.6. The van der Waals surface area contributed by atoms with E-state index in [1.807, 2.05) is 19.1 Å². The molecule has 1 aliphatic heterocycles. The monoisotopic (exact) mass is 248 g/mol. The van der Waals surface area contributed by atoms with Crippen LogP contribution in [0, 0.1) is 6.92 Å². The SMILES string of the molecule is Cc1noc2cc(N3C[C@H](CO)OC3=O)ccc12. The van der Waals surface area contributed by atoms with Gasteiger partial charge in [-0.3, -0.25) is 4.90 Å². The molecule has 0 aliphatic carbocycles. The van der Waals surface area contributed by atoms with Crippen molar-refractivity contribution in [2.45, 2.75) is 13.0 Å². The number of benzene rings is 1. The first-order valence-electron chi connectivity index (χ1n) is 5.64. The molecule has 6 heteroatoms. The molecule has 1 aromatic heterocycles. The smallest absolute Gasteiger partial charge is 0.414 e. The maximum absolute atomic E-state index is 11.6. The van der Waals surface area contributed by atoms with E-state index in [1.54, 1.807) is 6.07 Å². The normalized spacial score (nSPS) is 19.6. The van der Waals surface area contributed by atoms with Gasteiger partial charge in [0, 0.05) is 11.5 Å². The Hall–Kier alpha value is -2.08. The third-order valence-electron chi connectivity index (χ3n) is 3.03. The number of amides is 1. The van der Waals surface area contributed by atoms with E-state index in [4.69, 9.17) is 14.4 Å². The number of nitrogens with zero attached hydrogens (tertiary/aromatic N) is 2. The average Bonchev–Trinajstić information content (AvgIpc) is 2.93. The summed E-state index contributed by atoms with van der Waals surface area (Å²) in [5, 5.41) is 13.8. The Morgan fingerprint density at radius 3 is 3.11 bits per heavy atom. The quantitative estimate of drug-likeness (QED) is 0.870. The van der Waals surface area contributed by atoms with Gasteiger partial charge in [0.25, 0.3) is 0 Å². The highest BCUT2D eigenvalue weighted by Crippen LogP contribution is 2.27. The van der Waals surface area contributed by atoms with Gasteiger partial charge in [-0.2, -0.15) is 0 Å². The number of aryl methyl sites for hydroxylation is 1. The van der Waals surface area contributed by atoms with Crippen LogP contribution in [0.2, 0.25) is 0 Å². The van der Waals surface area contributed by atoms with Crippen LogP contribution in [0.3, 0.4) is 0 Å². The molecule has 94 valence electrons. The lowest BCUT2D eigenvalue weighted by molar-refractivity contribution is 0.0963. The fourth-order valence-electron chi connectivity index (χ4n) is 2.05. The molecule has 1 atom stereocenters.